The summed E-state index contributed by atoms with van der Waals surface area (Å²) in [5.41, 5.74) is 5.58. The number of carbonyl (C=O) groups excluding carboxylic acids is 2. The molecule has 5 heteroatoms. The predicted molar refractivity (Wildman–Crippen MR) is 77.9 cm³/mol. The van der Waals surface area contributed by atoms with Gasteiger partial charge >= 0.3 is 0 Å². The van der Waals surface area contributed by atoms with Gasteiger partial charge in [-0.2, -0.15) is 0 Å². The Labute approximate surface area is 121 Å². The van der Waals surface area contributed by atoms with Gasteiger partial charge in [-0.25, -0.2) is 0 Å². The Morgan fingerprint density at radius 3 is 2.35 bits per heavy atom. The number of likely N-dealkylation sites (tertiary alicyclic amines) is 1. The van der Waals surface area contributed by atoms with Crippen LogP contribution in [0.5, 0.6) is 0 Å². The molecule has 0 aromatic rings. The average Bonchev–Trinajstić information content (AvgIpc) is 2.41. The van der Waals surface area contributed by atoms with Gasteiger partial charge in [0.2, 0.25) is 11.8 Å². The van der Waals surface area contributed by atoms with Crippen molar-refractivity contribution in [1.29, 1.82) is 0 Å². The number of carbonyl (C=O) groups is 2. The number of hydrogen-bond acceptors (Lipinski definition) is 3. The van der Waals surface area contributed by atoms with E-state index in [1.165, 1.54) is 0 Å². The van der Waals surface area contributed by atoms with Crippen molar-refractivity contribution in [1.82, 2.24) is 10.2 Å². The van der Waals surface area contributed by atoms with E-state index in [0.717, 1.165) is 45.3 Å². The fraction of sp³-hybridized carbons (Fsp3) is 0.867. The second-order valence-corrected chi connectivity index (χ2v) is 6.67. The molecular formula is C15H27N3O2. The van der Waals surface area contributed by atoms with Gasteiger partial charge in [-0.05, 0) is 37.5 Å². The van der Waals surface area contributed by atoms with Crippen LogP contribution in [-0.4, -0.2) is 42.9 Å². The van der Waals surface area contributed by atoms with Gasteiger partial charge in [0.05, 0.1) is 5.41 Å². The van der Waals surface area contributed by atoms with Crippen LogP contribution in [0.15, 0.2) is 0 Å². The number of piperidine rings is 1. The van der Waals surface area contributed by atoms with E-state index in [-0.39, 0.29) is 17.2 Å². The molecule has 1 aliphatic heterocycles. The lowest BCUT2D eigenvalue weighted by Gasteiger charge is -2.48. The molecule has 2 rings (SSSR count). The molecule has 5 nitrogen and oxygen atoms in total. The van der Waals surface area contributed by atoms with Crippen LogP contribution in [0.3, 0.4) is 0 Å². The summed E-state index contributed by atoms with van der Waals surface area (Å²) in [5.74, 6) is 1.40. The lowest BCUT2D eigenvalue weighted by Crippen LogP contribution is -2.56. The van der Waals surface area contributed by atoms with E-state index in [1.807, 2.05) is 4.90 Å². The number of nitrogens with two attached hydrogens (primary N) is 1. The summed E-state index contributed by atoms with van der Waals surface area (Å²) in [5, 5.41) is 2.87. The predicted octanol–water partition coefficient (Wildman–Crippen LogP) is 0.736. The van der Waals surface area contributed by atoms with Gasteiger partial charge in [0.25, 0.3) is 0 Å². The van der Waals surface area contributed by atoms with Crippen LogP contribution < -0.4 is 11.1 Å². The molecule has 0 aromatic heterocycles. The number of rotatable bonds is 4. The molecule has 2 aliphatic rings. The van der Waals surface area contributed by atoms with Crippen molar-refractivity contribution >= 4 is 11.8 Å². The molecule has 2 fully saturated rings. The summed E-state index contributed by atoms with van der Waals surface area (Å²) in [6.45, 7) is 6.54. The molecular weight excluding hydrogens is 254 g/mol. The SMILES string of the molecule is CC(=O)NCC1CCN(C(=O)C2(CN)CC(C)C2)CC1. The Kier molecular flexibility index (Phi) is 4.68. The van der Waals surface area contributed by atoms with Crippen molar-refractivity contribution in [3.8, 4) is 0 Å². The molecule has 2 amide bonds. The van der Waals surface area contributed by atoms with Gasteiger partial charge in [0.15, 0.2) is 0 Å². The van der Waals surface area contributed by atoms with Gasteiger partial charge in [0.1, 0.15) is 0 Å². The van der Waals surface area contributed by atoms with Crippen molar-refractivity contribution in [2.24, 2.45) is 23.0 Å². The Balaban J connectivity index is 1.81. The Bertz CT molecular complexity index is 369. The molecule has 0 unspecified atom stereocenters. The number of hydrogen-bond donors (Lipinski definition) is 2. The minimum atomic E-state index is -0.274. The molecule has 1 aliphatic carbocycles. The van der Waals surface area contributed by atoms with Crippen molar-refractivity contribution in [3.63, 3.8) is 0 Å². The number of nitrogens with zero attached hydrogens (tertiary/aromatic N) is 1. The van der Waals surface area contributed by atoms with Crippen LogP contribution >= 0.6 is 0 Å². The molecule has 0 atom stereocenters. The molecule has 3 N–H and O–H groups in total. The van der Waals surface area contributed by atoms with Gasteiger partial charge in [0, 0.05) is 33.1 Å². The van der Waals surface area contributed by atoms with Crippen LogP contribution in [0, 0.1) is 17.3 Å². The first-order valence-electron chi connectivity index (χ1n) is 7.71. The van der Waals surface area contributed by atoms with E-state index in [4.69, 9.17) is 5.73 Å². The molecule has 0 spiro atoms. The first-order chi connectivity index (χ1) is 9.47. The average molecular weight is 281 g/mol. The highest BCUT2D eigenvalue weighted by Gasteiger charge is 2.49. The number of nitrogens with one attached hydrogen (secondary N) is 1. The topological polar surface area (TPSA) is 75.4 Å². The summed E-state index contributed by atoms with van der Waals surface area (Å²) < 4.78 is 0. The van der Waals surface area contributed by atoms with Crippen LogP contribution in [0.2, 0.25) is 0 Å². The van der Waals surface area contributed by atoms with E-state index in [1.54, 1.807) is 6.92 Å². The molecule has 0 bridgehead atoms. The second kappa shape index (κ2) is 6.12. The quantitative estimate of drug-likeness (QED) is 0.798. The first kappa shape index (κ1) is 15.3. The second-order valence-electron chi connectivity index (χ2n) is 6.67. The van der Waals surface area contributed by atoms with Gasteiger partial charge in [-0.15, -0.1) is 0 Å². The van der Waals surface area contributed by atoms with E-state index in [0.29, 0.717) is 18.4 Å². The highest BCUT2D eigenvalue weighted by molar-refractivity contribution is 5.84. The van der Waals surface area contributed by atoms with Crippen molar-refractivity contribution in [2.75, 3.05) is 26.2 Å². The highest BCUT2D eigenvalue weighted by atomic mass is 16.2. The molecule has 114 valence electrons. The third-order valence-corrected chi connectivity index (χ3v) is 4.86. The fourth-order valence-electron chi connectivity index (χ4n) is 3.67. The fourth-order valence-corrected chi connectivity index (χ4v) is 3.67. The van der Waals surface area contributed by atoms with Crippen molar-refractivity contribution in [2.45, 2.75) is 39.5 Å². The normalized spacial score (nSPS) is 30.8. The summed E-state index contributed by atoms with van der Waals surface area (Å²) in [7, 11) is 0. The molecule has 0 aromatic carbocycles. The molecule has 0 radical (unpaired) electrons. The van der Waals surface area contributed by atoms with Crippen molar-refractivity contribution < 1.29 is 9.59 Å². The third-order valence-electron chi connectivity index (χ3n) is 4.86. The first-order valence-corrected chi connectivity index (χ1v) is 7.71. The zero-order chi connectivity index (χ0) is 14.8. The molecule has 20 heavy (non-hydrogen) atoms. The van der Waals surface area contributed by atoms with Crippen molar-refractivity contribution in [3.05, 3.63) is 0 Å². The van der Waals surface area contributed by atoms with Gasteiger partial charge < -0.3 is 16.0 Å². The Morgan fingerprint density at radius 1 is 1.30 bits per heavy atom. The third kappa shape index (κ3) is 3.14. The minimum Gasteiger partial charge on any atom is -0.356 e. The zero-order valence-corrected chi connectivity index (χ0v) is 12.7. The molecule has 1 saturated carbocycles. The van der Waals surface area contributed by atoms with Crippen LogP contribution in [0.25, 0.3) is 0 Å². The van der Waals surface area contributed by atoms with E-state index in [9.17, 15) is 9.59 Å². The molecule has 1 heterocycles. The van der Waals surface area contributed by atoms with Gasteiger partial charge in [-0.3, -0.25) is 9.59 Å². The zero-order valence-electron chi connectivity index (χ0n) is 12.7. The maximum Gasteiger partial charge on any atom is 0.230 e. The summed E-state index contributed by atoms with van der Waals surface area (Å²) >= 11 is 0. The van der Waals surface area contributed by atoms with E-state index in [2.05, 4.69) is 12.2 Å². The summed E-state index contributed by atoms with van der Waals surface area (Å²) in [6.07, 6.45) is 3.83. The monoisotopic (exact) mass is 281 g/mol. The standard InChI is InChI=1S/C15H27N3O2/c1-11-7-15(8-11,10-16)14(20)18-5-3-13(4-6-18)9-17-12(2)19/h11,13H,3-10,16H2,1-2H3,(H,17,19). The Morgan fingerprint density at radius 2 is 1.90 bits per heavy atom. The largest absolute Gasteiger partial charge is 0.356 e. The van der Waals surface area contributed by atoms with Gasteiger partial charge in [-0.1, -0.05) is 6.92 Å². The lowest BCUT2D eigenvalue weighted by atomic mass is 9.61. The lowest BCUT2D eigenvalue weighted by molar-refractivity contribution is -0.151. The number of amides is 2. The maximum atomic E-state index is 12.6. The van der Waals surface area contributed by atoms with Crippen LogP contribution in [0.1, 0.15) is 39.5 Å². The van der Waals surface area contributed by atoms with Crippen LogP contribution in [-0.2, 0) is 9.59 Å². The summed E-state index contributed by atoms with van der Waals surface area (Å²) in [4.78, 5) is 25.5. The van der Waals surface area contributed by atoms with E-state index < -0.39 is 0 Å². The smallest absolute Gasteiger partial charge is 0.230 e. The molecule has 1 saturated heterocycles. The van der Waals surface area contributed by atoms with Crippen LogP contribution in [0.4, 0.5) is 0 Å². The minimum absolute atomic E-state index is 0.0223. The summed E-state index contributed by atoms with van der Waals surface area (Å²) in [6, 6.07) is 0. The highest BCUT2D eigenvalue weighted by Crippen LogP contribution is 2.46. The Hall–Kier alpha value is -1.10. The maximum absolute atomic E-state index is 12.6. The van der Waals surface area contributed by atoms with E-state index >= 15 is 0 Å².